The third kappa shape index (κ3) is 4.25. The van der Waals surface area contributed by atoms with Crippen LogP contribution in [0.2, 0.25) is 0 Å². The summed E-state index contributed by atoms with van der Waals surface area (Å²) in [6, 6.07) is 5.60. The second-order valence-electron chi connectivity index (χ2n) is 8.09. The number of hydrogen-bond donors (Lipinski definition) is 1. The number of nitrogens with one attached hydrogen (secondary N) is 1. The van der Waals surface area contributed by atoms with Crippen molar-refractivity contribution in [1.29, 1.82) is 0 Å². The van der Waals surface area contributed by atoms with Crippen molar-refractivity contribution in [1.82, 2.24) is 34.9 Å². The van der Waals surface area contributed by atoms with Crippen LogP contribution in [0.5, 0.6) is 0 Å². The summed E-state index contributed by atoms with van der Waals surface area (Å²) in [7, 11) is -3.81. The summed E-state index contributed by atoms with van der Waals surface area (Å²) in [6.07, 6.45) is 2.32. The van der Waals surface area contributed by atoms with Gasteiger partial charge in [0, 0.05) is 45.3 Å². The van der Waals surface area contributed by atoms with E-state index in [1.807, 2.05) is 13.0 Å². The first-order valence-corrected chi connectivity index (χ1v) is 12.2. The molecule has 4 heterocycles. The van der Waals surface area contributed by atoms with E-state index in [4.69, 9.17) is 0 Å². The first kappa shape index (κ1) is 21.6. The van der Waals surface area contributed by atoms with E-state index in [9.17, 15) is 12.8 Å². The number of halogens is 1. The normalized spacial score (nSPS) is 17.6. The van der Waals surface area contributed by atoms with Crippen molar-refractivity contribution >= 4 is 21.7 Å². The number of aryl methyl sites for hydroxylation is 1. The fraction of sp³-hybridized carbons (Fsp3) is 0.450. The Morgan fingerprint density at radius 1 is 0.939 bits per heavy atom. The second kappa shape index (κ2) is 8.63. The fourth-order valence-corrected chi connectivity index (χ4v) is 5.67. The minimum Gasteiger partial charge on any atom is -0.356 e. The van der Waals surface area contributed by atoms with E-state index < -0.39 is 15.8 Å². The van der Waals surface area contributed by atoms with E-state index in [1.54, 1.807) is 0 Å². The van der Waals surface area contributed by atoms with Gasteiger partial charge in [-0.15, -0.1) is 10.2 Å². The molecule has 13 heteroatoms. The fourth-order valence-electron chi connectivity index (χ4n) is 4.23. The van der Waals surface area contributed by atoms with Crippen LogP contribution in [0, 0.1) is 12.7 Å². The van der Waals surface area contributed by atoms with Crippen LogP contribution in [0.1, 0.15) is 18.7 Å². The van der Waals surface area contributed by atoms with Crippen molar-refractivity contribution in [2.45, 2.75) is 24.7 Å². The van der Waals surface area contributed by atoms with E-state index in [0.717, 1.165) is 43.6 Å². The van der Waals surface area contributed by atoms with Gasteiger partial charge in [-0.25, -0.2) is 22.8 Å². The lowest BCUT2D eigenvalue weighted by atomic mass is 10.2. The van der Waals surface area contributed by atoms with Crippen molar-refractivity contribution in [2.75, 3.05) is 49.1 Å². The highest BCUT2D eigenvalue weighted by Crippen LogP contribution is 2.27. The Balaban J connectivity index is 1.33. The predicted octanol–water partition coefficient (Wildman–Crippen LogP) is 1.22. The zero-order valence-corrected chi connectivity index (χ0v) is 19.0. The predicted molar refractivity (Wildman–Crippen MR) is 119 cm³/mol. The number of sulfonamides is 1. The first-order chi connectivity index (χ1) is 15.9. The number of anilines is 2. The van der Waals surface area contributed by atoms with Crippen LogP contribution in [0.15, 0.2) is 29.2 Å². The van der Waals surface area contributed by atoms with Crippen molar-refractivity contribution in [2.24, 2.45) is 0 Å². The number of aromatic amines is 1. The highest BCUT2D eigenvalue weighted by Gasteiger charge is 2.30. The molecular formula is C20H24FN9O2S. The molecule has 0 saturated carbocycles. The van der Waals surface area contributed by atoms with Gasteiger partial charge in [-0.2, -0.15) is 9.52 Å². The first-order valence-electron chi connectivity index (χ1n) is 10.8. The van der Waals surface area contributed by atoms with Gasteiger partial charge in [-0.05, 0) is 43.2 Å². The number of tetrazole rings is 1. The molecule has 0 atom stereocenters. The lowest BCUT2D eigenvalue weighted by Gasteiger charge is -2.35. The number of rotatable bonds is 5. The molecule has 174 valence electrons. The lowest BCUT2D eigenvalue weighted by Crippen LogP contribution is -2.49. The van der Waals surface area contributed by atoms with Gasteiger partial charge in [0.25, 0.3) is 0 Å². The van der Waals surface area contributed by atoms with Gasteiger partial charge in [-0.1, -0.05) is 0 Å². The highest BCUT2D eigenvalue weighted by molar-refractivity contribution is 7.89. The molecule has 0 aliphatic carbocycles. The largest absolute Gasteiger partial charge is 0.356 e. The number of piperazine rings is 1. The molecule has 1 aromatic carbocycles. The molecule has 3 aromatic rings. The van der Waals surface area contributed by atoms with Gasteiger partial charge in [0.2, 0.25) is 15.8 Å². The summed E-state index contributed by atoms with van der Waals surface area (Å²) in [5.74, 6) is 1.81. The molecule has 33 heavy (non-hydrogen) atoms. The monoisotopic (exact) mass is 473 g/mol. The van der Waals surface area contributed by atoms with Crippen molar-refractivity contribution in [3.63, 3.8) is 0 Å². The number of nitrogens with zero attached hydrogens (tertiary/aromatic N) is 8. The maximum Gasteiger partial charge on any atom is 0.243 e. The topological polar surface area (TPSA) is 124 Å². The number of aromatic nitrogens is 6. The maximum atomic E-state index is 14.2. The third-order valence-corrected chi connectivity index (χ3v) is 7.86. The number of hydrogen-bond acceptors (Lipinski definition) is 9. The Kier molecular flexibility index (Phi) is 5.66. The van der Waals surface area contributed by atoms with E-state index in [-0.39, 0.29) is 16.3 Å². The van der Waals surface area contributed by atoms with Gasteiger partial charge in [0.05, 0.1) is 10.5 Å². The van der Waals surface area contributed by atoms with Crippen LogP contribution in [0.3, 0.4) is 0 Å². The third-order valence-electron chi connectivity index (χ3n) is 5.97. The maximum absolute atomic E-state index is 14.2. The molecule has 2 aliphatic rings. The van der Waals surface area contributed by atoms with E-state index in [1.165, 1.54) is 16.4 Å². The molecular weight excluding hydrogens is 449 g/mol. The van der Waals surface area contributed by atoms with Crippen molar-refractivity contribution in [3.05, 3.63) is 35.9 Å². The van der Waals surface area contributed by atoms with Gasteiger partial charge in [0.15, 0.2) is 0 Å². The average molecular weight is 474 g/mol. The van der Waals surface area contributed by atoms with Crippen molar-refractivity contribution < 1.29 is 12.8 Å². The molecule has 0 unspecified atom stereocenters. The minimum absolute atomic E-state index is 0.00214. The molecule has 5 rings (SSSR count). The summed E-state index contributed by atoms with van der Waals surface area (Å²) in [6.45, 7) is 5.43. The second-order valence-corrected chi connectivity index (χ2v) is 10.0. The van der Waals surface area contributed by atoms with Gasteiger partial charge in [0.1, 0.15) is 23.3 Å². The molecule has 0 amide bonds. The molecule has 0 radical (unpaired) electrons. The standard InChI is InChI=1S/C20H24FN9O2S/c1-14-22-18(28-6-2-3-7-28)13-19(23-14)29-8-10-30(11-9-29)33(31,32)15-4-5-17(21)16(12-15)20-24-26-27-25-20/h4-5,12-13H,2-3,6-11H2,1H3,(H,24,25,26,27). The van der Waals surface area contributed by atoms with Gasteiger partial charge >= 0.3 is 0 Å². The Morgan fingerprint density at radius 2 is 1.61 bits per heavy atom. The lowest BCUT2D eigenvalue weighted by molar-refractivity contribution is 0.383. The van der Waals surface area contributed by atoms with Crippen LogP contribution in [-0.2, 0) is 10.0 Å². The smallest absolute Gasteiger partial charge is 0.243 e. The summed E-state index contributed by atoms with van der Waals surface area (Å²) in [5, 5.41) is 13.2. The SMILES string of the molecule is Cc1nc(N2CCCC2)cc(N2CCN(S(=O)(=O)c3ccc(F)c(-c4nn[nH]n4)c3)CC2)n1. The molecule has 2 aromatic heterocycles. The Hall–Kier alpha value is -3.19. The molecule has 2 saturated heterocycles. The molecule has 0 bridgehead atoms. The zero-order valence-electron chi connectivity index (χ0n) is 18.1. The Morgan fingerprint density at radius 3 is 2.24 bits per heavy atom. The summed E-state index contributed by atoms with van der Waals surface area (Å²) < 4.78 is 42.1. The quantitative estimate of drug-likeness (QED) is 0.582. The van der Waals surface area contributed by atoms with Crippen LogP contribution >= 0.6 is 0 Å². The molecule has 2 aliphatic heterocycles. The molecule has 1 N–H and O–H groups in total. The minimum atomic E-state index is -3.81. The Bertz CT molecular complexity index is 1240. The number of H-pyrrole nitrogens is 1. The molecule has 2 fully saturated rings. The van der Waals surface area contributed by atoms with E-state index in [2.05, 4.69) is 40.4 Å². The molecule has 0 spiro atoms. The molecule has 11 nitrogen and oxygen atoms in total. The van der Waals surface area contributed by atoms with Crippen molar-refractivity contribution in [3.8, 4) is 11.4 Å². The van der Waals surface area contributed by atoms with E-state index in [0.29, 0.717) is 32.0 Å². The number of benzene rings is 1. The summed E-state index contributed by atoms with van der Waals surface area (Å²) in [5.41, 5.74) is -0.0191. The van der Waals surface area contributed by atoms with E-state index >= 15 is 0 Å². The summed E-state index contributed by atoms with van der Waals surface area (Å²) >= 11 is 0. The van der Waals surface area contributed by atoms with Crippen LogP contribution in [0.4, 0.5) is 16.0 Å². The zero-order chi connectivity index (χ0) is 23.0. The van der Waals surface area contributed by atoms with Crippen LogP contribution in [0.25, 0.3) is 11.4 Å². The Labute approximate surface area is 190 Å². The van der Waals surface area contributed by atoms with Gasteiger partial charge in [-0.3, -0.25) is 0 Å². The van der Waals surface area contributed by atoms with Gasteiger partial charge < -0.3 is 9.80 Å². The average Bonchev–Trinajstić information content (AvgIpc) is 3.54. The summed E-state index contributed by atoms with van der Waals surface area (Å²) in [4.78, 5) is 13.5. The van der Waals surface area contributed by atoms with Crippen LogP contribution < -0.4 is 9.80 Å². The van der Waals surface area contributed by atoms with Crippen LogP contribution in [-0.4, -0.2) is 82.6 Å². The highest BCUT2D eigenvalue weighted by atomic mass is 32.2.